The normalized spacial score (nSPS) is 13.0. The Bertz CT molecular complexity index is 616. The van der Waals surface area contributed by atoms with Crippen molar-refractivity contribution in [2.45, 2.75) is 12.8 Å². The Hall–Kier alpha value is -1.68. The lowest BCUT2D eigenvalue weighted by Gasteiger charge is -2.16. The van der Waals surface area contributed by atoms with Crippen molar-refractivity contribution in [2.24, 2.45) is 0 Å². The molecule has 0 fully saturated rings. The molecule has 1 aliphatic rings. The first kappa shape index (κ1) is 10.5. The monoisotopic (exact) mass is 248 g/mol. The molecule has 1 aromatic carbocycles. The summed E-state index contributed by atoms with van der Waals surface area (Å²) < 4.78 is 13.6. The van der Waals surface area contributed by atoms with Crippen LogP contribution in [0.3, 0.4) is 0 Å². The van der Waals surface area contributed by atoms with Gasteiger partial charge in [-0.15, -0.1) is 11.3 Å². The minimum atomic E-state index is -0.914. The molecule has 0 saturated heterocycles. The highest BCUT2D eigenvalue weighted by Crippen LogP contribution is 2.40. The molecule has 0 bridgehead atoms. The van der Waals surface area contributed by atoms with Crippen molar-refractivity contribution in [3.05, 3.63) is 46.1 Å². The van der Waals surface area contributed by atoms with E-state index in [-0.39, 0.29) is 5.82 Å². The van der Waals surface area contributed by atoms with Crippen molar-refractivity contribution in [1.82, 2.24) is 0 Å². The van der Waals surface area contributed by atoms with Gasteiger partial charge in [-0.05, 0) is 41.7 Å². The summed E-state index contributed by atoms with van der Waals surface area (Å²) in [5.74, 6) is -1.11. The minimum absolute atomic E-state index is 0.196. The maximum absolute atomic E-state index is 13.6. The maximum atomic E-state index is 13.6. The molecule has 1 aliphatic carbocycles. The molecular weight excluding hydrogens is 239 g/mol. The molecule has 0 amide bonds. The number of carbonyl (C=O) groups is 1. The van der Waals surface area contributed by atoms with E-state index in [2.05, 4.69) is 0 Å². The van der Waals surface area contributed by atoms with Crippen LogP contribution in [-0.4, -0.2) is 11.1 Å². The van der Waals surface area contributed by atoms with Gasteiger partial charge in [0.05, 0.1) is 0 Å². The molecule has 86 valence electrons. The van der Waals surface area contributed by atoms with Gasteiger partial charge in [-0.1, -0.05) is 12.1 Å². The van der Waals surface area contributed by atoms with Crippen LogP contribution in [0.1, 0.15) is 20.8 Å². The van der Waals surface area contributed by atoms with Crippen LogP contribution in [0.25, 0.3) is 10.4 Å². The van der Waals surface area contributed by atoms with Gasteiger partial charge in [-0.25, -0.2) is 9.18 Å². The first-order chi connectivity index (χ1) is 8.16. The Labute approximate surface area is 101 Å². The fourth-order valence-corrected chi connectivity index (χ4v) is 3.33. The van der Waals surface area contributed by atoms with E-state index in [0.29, 0.717) is 23.3 Å². The number of aryl methyl sites for hydroxylation is 1. The smallest absolute Gasteiger partial charge is 0.345 e. The van der Waals surface area contributed by atoms with E-state index in [0.717, 1.165) is 16.0 Å². The molecule has 2 nitrogen and oxygen atoms in total. The zero-order valence-electron chi connectivity index (χ0n) is 8.87. The Kier molecular flexibility index (Phi) is 2.26. The number of carboxylic acid groups (broad SMARTS) is 1. The highest BCUT2D eigenvalue weighted by atomic mass is 32.1. The molecule has 0 spiro atoms. The molecule has 1 heterocycles. The maximum Gasteiger partial charge on any atom is 0.345 e. The molecular formula is C13H9FO2S. The predicted octanol–water partition coefficient (Wildman–Crippen LogP) is 3.35. The number of thiophene rings is 1. The Morgan fingerprint density at radius 1 is 1.35 bits per heavy atom. The average molecular weight is 248 g/mol. The van der Waals surface area contributed by atoms with Crippen LogP contribution < -0.4 is 0 Å². The van der Waals surface area contributed by atoms with Gasteiger partial charge in [0.15, 0.2) is 0 Å². The number of rotatable bonds is 1. The van der Waals surface area contributed by atoms with Gasteiger partial charge in [0.1, 0.15) is 10.7 Å². The predicted molar refractivity (Wildman–Crippen MR) is 64.1 cm³/mol. The third kappa shape index (κ3) is 1.56. The van der Waals surface area contributed by atoms with Crippen molar-refractivity contribution in [2.75, 3.05) is 0 Å². The lowest BCUT2D eigenvalue weighted by Crippen LogP contribution is -2.03. The standard InChI is InChI=1S/C13H9FO2S/c14-10-3-1-2-9-8(10)5-4-7-6-11(13(15)16)17-12(7)9/h1-3,6H,4-5H2,(H,15,16). The highest BCUT2D eigenvalue weighted by molar-refractivity contribution is 7.17. The third-order valence-electron chi connectivity index (χ3n) is 3.03. The van der Waals surface area contributed by atoms with Crippen LogP contribution in [0.15, 0.2) is 24.3 Å². The molecule has 2 aromatic rings. The second-order valence-corrected chi connectivity index (χ2v) is 5.09. The lowest BCUT2D eigenvalue weighted by atomic mass is 9.91. The zero-order chi connectivity index (χ0) is 12.0. The number of aromatic carboxylic acids is 1. The van der Waals surface area contributed by atoms with Gasteiger partial charge in [-0.2, -0.15) is 0 Å². The topological polar surface area (TPSA) is 37.3 Å². The van der Waals surface area contributed by atoms with Crippen molar-refractivity contribution in [1.29, 1.82) is 0 Å². The van der Waals surface area contributed by atoms with Gasteiger partial charge >= 0.3 is 5.97 Å². The van der Waals surface area contributed by atoms with Crippen molar-refractivity contribution >= 4 is 17.3 Å². The molecule has 1 N–H and O–H groups in total. The Morgan fingerprint density at radius 3 is 2.94 bits per heavy atom. The number of hydrogen-bond donors (Lipinski definition) is 1. The largest absolute Gasteiger partial charge is 0.477 e. The molecule has 0 atom stereocenters. The summed E-state index contributed by atoms with van der Waals surface area (Å²) in [5.41, 5.74) is 2.58. The summed E-state index contributed by atoms with van der Waals surface area (Å²) in [6, 6.07) is 6.69. The average Bonchev–Trinajstić information content (AvgIpc) is 2.73. The fourth-order valence-electron chi connectivity index (χ4n) is 2.23. The summed E-state index contributed by atoms with van der Waals surface area (Å²) in [7, 11) is 0. The van der Waals surface area contributed by atoms with Gasteiger partial charge in [-0.3, -0.25) is 0 Å². The summed E-state index contributed by atoms with van der Waals surface area (Å²) in [4.78, 5) is 12.2. The summed E-state index contributed by atoms with van der Waals surface area (Å²) >= 11 is 1.23. The summed E-state index contributed by atoms with van der Waals surface area (Å²) in [5, 5.41) is 8.97. The van der Waals surface area contributed by atoms with E-state index in [1.165, 1.54) is 17.4 Å². The highest BCUT2D eigenvalue weighted by Gasteiger charge is 2.22. The van der Waals surface area contributed by atoms with Crippen LogP contribution >= 0.6 is 11.3 Å². The van der Waals surface area contributed by atoms with Gasteiger partial charge in [0.2, 0.25) is 0 Å². The molecule has 17 heavy (non-hydrogen) atoms. The summed E-state index contributed by atoms with van der Waals surface area (Å²) in [6.07, 6.45) is 1.36. The summed E-state index contributed by atoms with van der Waals surface area (Å²) in [6.45, 7) is 0. The van der Waals surface area contributed by atoms with Crippen LogP contribution in [0.2, 0.25) is 0 Å². The number of hydrogen-bond acceptors (Lipinski definition) is 2. The van der Waals surface area contributed by atoms with Crippen molar-refractivity contribution in [3.63, 3.8) is 0 Å². The van der Waals surface area contributed by atoms with E-state index in [9.17, 15) is 9.18 Å². The van der Waals surface area contributed by atoms with E-state index in [1.807, 2.05) is 6.07 Å². The molecule has 4 heteroatoms. The van der Waals surface area contributed by atoms with E-state index >= 15 is 0 Å². The number of fused-ring (bicyclic) bond motifs is 3. The third-order valence-corrected chi connectivity index (χ3v) is 4.23. The first-order valence-electron chi connectivity index (χ1n) is 5.30. The second kappa shape index (κ2) is 3.67. The van der Waals surface area contributed by atoms with E-state index < -0.39 is 5.97 Å². The second-order valence-electron chi connectivity index (χ2n) is 4.04. The van der Waals surface area contributed by atoms with Crippen molar-refractivity contribution < 1.29 is 14.3 Å². The van der Waals surface area contributed by atoms with Crippen molar-refractivity contribution in [3.8, 4) is 10.4 Å². The lowest BCUT2D eigenvalue weighted by molar-refractivity contribution is 0.0702. The first-order valence-corrected chi connectivity index (χ1v) is 6.12. The SMILES string of the molecule is O=C(O)c1cc2c(s1)-c1cccc(F)c1CC2. The van der Waals surface area contributed by atoms with Crippen LogP contribution in [0, 0.1) is 5.82 Å². The molecule has 3 rings (SSSR count). The number of halogens is 1. The van der Waals surface area contributed by atoms with E-state index in [1.54, 1.807) is 12.1 Å². The molecule has 0 unspecified atom stereocenters. The molecule has 0 saturated carbocycles. The van der Waals surface area contributed by atoms with Crippen LogP contribution in [0.5, 0.6) is 0 Å². The van der Waals surface area contributed by atoms with Gasteiger partial charge < -0.3 is 5.11 Å². The Balaban J connectivity index is 2.22. The minimum Gasteiger partial charge on any atom is -0.477 e. The zero-order valence-corrected chi connectivity index (χ0v) is 9.68. The number of carboxylic acids is 1. The molecule has 0 aliphatic heterocycles. The van der Waals surface area contributed by atoms with Gasteiger partial charge in [0, 0.05) is 4.88 Å². The number of benzene rings is 1. The molecule has 1 aromatic heterocycles. The quantitative estimate of drug-likeness (QED) is 0.840. The Morgan fingerprint density at radius 2 is 2.18 bits per heavy atom. The van der Waals surface area contributed by atoms with Crippen LogP contribution in [0.4, 0.5) is 4.39 Å². The van der Waals surface area contributed by atoms with Crippen LogP contribution in [-0.2, 0) is 12.8 Å². The molecule has 0 radical (unpaired) electrons. The van der Waals surface area contributed by atoms with Gasteiger partial charge in [0.25, 0.3) is 0 Å². The fraction of sp³-hybridized carbons (Fsp3) is 0.154. The van der Waals surface area contributed by atoms with E-state index in [4.69, 9.17) is 5.11 Å².